The van der Waals surface area contributed by atoms with Crippen molar-refractivity contribution < 1.29 is 0 Å². The van der Waals surface area contributed by atoms with Gasteiger partial charge < -0.3 is 11.5 Å². The van der Waals surface area contributed by atoms with E-state index >= 15 is 0 Å². The van der Waals surface area contributed by atoms with Crippen LogP contribution in [0.4, 0.5) is 11.4 Å². The number of hydrogen-bond donors (Lipinski definition) is 3. The Morgan fingerprint density at radius 3 is 2.10 bits per heavy atom. The second-order valence-corrected chi connectivity index (χ2v) is 4.65. The van der Waals surface area contributed by atoms with E-state index in [-0.39, 0.29) is 0 Å². The quantitative estimate of drug-likeness (QED) is 0.633. The number of anilines is 2. The number of benzene rings is 2. The van der Waals surface area contributed by atoms with Gasteiger partial charge in [0.1, 0.15) is 5.82 Å². The maximum atomic E-state index is 5.67. The minimum Gasteiger partial charge on any atom is -0.399 e. The standard InChI is InChI=1S/C15H15N5/c16-12-5-1-10(2-6-12)9-14-18-15(20-19-14)11-3-7-13(17)8-4-11/h1-8H,9,16-17H2,(H,18,19,20). The Kier molecular flexibility index (Phi) is 3.09. The Hall–Kier alpha value is -2.82. The van der Waals surface area contributed by atoms with Gasteiger partial charge in [-0.1, -0.05) is 12.1 Å². The average molecular weight is 265 g/mol. The van der Waals surface area contributed by atoms with Crippen LogP contribution >= 0.6 is 0 Å². The van der Waals surface area contributed by atoms with E-state index in [1.807, 2.05) is 48.5 Å². The average Bonchev–Trinajstić information content (AvgIpc) is 2.91. The van der Waals surface area contributed by atoms with Gasteiger partial charge in [-0.15, -0.1) is 0 Å². The lowest BCUT2D eigenvalue weighted by Crippen LogP contribution is -1.92. The minimum absolute atomic E-state index is 0.676. The van der Waals surface area contributed by atoms with Crippen LogP contribution in [-0.4, -0.2) is 15.2 Å². The van der Waals surface area contributed by atoms with Gasteiger partial charge in [0.15, 0.2) is 5.82 Å². The van der Waals surface area contributed by atoms with Crippen LogP contribution < -0.4 is 11.5 Å². The summed E-state index contributed by atoms with van der Waals surface area (Å²) in [6.07, 6.45) is 0.697. The summed E-state index contributed by atoms with van der Waals surface area (Å²) in [6, 6.07) is 15.2. The first-order valence-corrected chi connectivity index (χ1v) is 6.32. The molecule has 1 aromatic heterocycles. The number of aromatic amines is 1. The molecule has 0 aliphatic carbocycles. The van der Waals surface area contributed by atoms with Gasteiger partial charge in [0.25, 0.3) is 0 Å². The van der Waals surface area contributed by atoms with E-state index < -0.39 is 0 Å². The number of nitrogens with one attached hydrogen (secondary N) is 1. The molecule has 0 unspecified atom stereocenters. The molecule has 0 aliphatic heterocycles. The molecule has 3 rings (SSSR count). The van der Waals surface area contributed by atoms with Crippen LogP contribution in [0.15, 0.2) is 48.5 Å². The van der Waals surface area contributed by atoms with Crippen LogP contribution in [0.1, 0.15) is 11.4 Å². The van der Waals surface area contributed by atoms with E-state index in [9.17, 15) is 0 Å². The monoisotopic (exact) mass is 265 g/mol. The molecule has 1 heterocycles. The van der Waals surface area contributed by atoms with Crippen molar-refractivity contribution in [3.63, 3.8) is 0 Å². The van der Waals surface area contributed by atoms with E-state index in [4.69, 9.17) is 11.5 Å². The first kappa shape index (κ1) is 12.2. The number of aromatic nitrogens is 3. The second-order valence-electron chi connectivity index (χ2n) is 4.65. The molecule has 0 spiro atoms. The summed E-state index contributed by atoms with van der Waals surface area (Å²) in [5, 5.41) is 7.19. The minimum atomic E-state index is 0.676. The van der Waals surface area contributed by atoms with Crippen molar-refractivity contribution in [3.8, 4) is 11.4 Å². The summed E-state index contributed by atoms with van der Waals surface area (Å²) in [4.78, 5) is 4.49. The lowest BCUT2D eigenvalue weighted by molar-refractivity contribution is 0.973. The molecule has 3 aromatic rings. The maximum absolute atomic E-state index is 5.67. The highest BCUT2D eigenvalue weighted by atomic mass is 15.2. The SMILES string of the molecule is Nc1ccc(Cc2nc(-c3ccc(N)cc3)n[nH]2)cc1. The fourth-order valence-corrected chi connectivity index (χ4v) is 1.96. The summed E-state index contributed by atoms with van der Waals surface area (Å²) >= 11 is 0. The highest BCUT2D eigenvalue weighted by molar-refractivity contribution is 5.58. The van der Waals surface area contributed by atoms with Gasteiger partial charge in [-0.2, -0.15) is 5.10 Å². The Bertz CT molecular complexity index is 698. The molecule has 100 valence electrons. The molecular formula is C15H15N5. The molecule has 5 heteroatoms. The molecule has 0 saturated heterocycles. The molecule has 0 radical (unpaired) electrons. The van der Waals surface area contributed by atoms with Gasteiger partial charge >= 0.3 is 0 Å². The zero-order valence-corrected chi connectivity index (χ0v) is 10.9. The van der Waals surface area contributed by atoms with Gasteiger partial charge in [0, 0.05) is 23.4 Å². The molecular weight excluding hydrogens is 250 g/mol. The molecule has 0 atom stereocenters. The molecule has 0 saturated carbocycles. The Labute approximate surface area is 116 Å². The first-order valence-electron chi connectivity index (χ1n) is 6.32. The highest BCUT2D eigenvalue weighted by Gasteiger charge is 2.06. The van der Waals surface area contributed by atoms with E-state index in [2.05, 4.69) is 15.2 Å². The number of H-pyrrole nitrogens is 1. The van der Waals surface area contributed by atoms with E-state index in [1.54, 1.807) is 0 Å². The lowest BCUT2D eigenvalue weighted by Gasteiger charge is -1.98. The van der Waals surface area contributed by atoms with Gasteiger partial charge in [0.05, 0.1) is 0 Å². The number of nitrogen functional groups attached to an aromatic ring is 2. The fraction of sp³-hybridized carbons (Fsp3) is 0.0667. The molecule has 5 N–H and O–H groups in total. The zero-order valence-electron chi connectivity index (χ0n) is 10.9. The predicted octanol–water partition coefficient (Wildman–Crippen LogP) is 2.23. The second kappa shape index (κ2) is 5.05. The Morgan fingerprint density at radius 1 is 0.850 bits per heavy atom. The van der Waals surface area contributed by atoms with Crippen LogP contribution in [-0.2, 0) is 6.42 Å². The van der Waals surface area contributed by atoms with Gasteiger partial charge in [-0.3, -0.25) is 5.10 Å². The molecule has 5 nitrogen and oxygen atoms in total. The van der Waals surface area contributed by atoms with Crippen LogP contribution in [0.2, 0.25) is 0 Å². The van der Waals surface area contributed by atoms with Gasteiger partial charge in [0.2, 0.25) is 0 Å². The first-order chi connectivity index (χ1) is 9.70. The van der Waals surface area contributed by atoms with Crippen molar-refractivity contribution in [1.29, 1.82) is 0 Å². The van der Waals surface area contributed by atoms with Crippen molar-refractivity contribution >= 4 is 11.4 Å². The third-order valence-corrected chi connectivity index (χ3v) is 3.05. The summed E-state index contributed by atoms with van der Waals surface area (Å²) in [7, 11) is 0. The Balaban J connectivity index is 1.80. The van der Waals surface area contributed by atoms with Gasteiger partial charge in [-0.05, 0) is 42.0 Å². The van der Waals surface area contributed by atoms with Gasteiger partial charge in [-0.25, -0.2) is 4.98 Å². The highest BCUT2D eigenvalue weighted by Crippen LogP contribution is 2.17. The third kappa shape index (κ3) is 2.61. The molecule has 0 fully saturated rings. The number of nitrogens with two attached hydrogens (primary N) is 2. The van der Waals surface area contributed by atoms with Crippen LogP contribution in [0.5, 0.6) is 0 Å². The molecule has 0 bridgehead atoms. The topological polar surface area (TPSA) is 93.6 Å². The number of rotatable bonds is 3. The maximum Gasteiger partial charge on any atom is 0.181 e. The predicted molar refractivity (Wildman–Crippen MR) is 79.9 cm³/mol. The van der Waals surface area contributed by atoms with Crippen molar-refractivity contribution in [2.45, 2.75) is 6.42 Å². The fourth-order valence-electron chi connectivity index (χ4n) is 1.96. The van der Waals surface area contributed by atoms with Crippen LogP contribution in [0.3, 0.4) is 0 Å². The summed E-state index contributed by atoms with van der Waals surface area (Å²) in [5.74, 6) is 1.50. The molecule has 2 aromatic carbocycles. The lowest BCUT2D eigenvalue weighted by atomic mass is 10.1. The van der Waals surface area contributed by atoms with Crippen molar-refractivity contribution in [3.05, 3.63) is 59.9 Å². The van der Waals surface area contributed by atoms with E-state index in [0.717, 1.165) is 28.3 Å². The Morgan fingerprint density at radius 2 is 1.45 bits per heavy atom. The number of hydrogen-bond acceptors (Lipinski definition) is 4. The summed E-state index contributed by atoms with van der Waals surface area (Å²) in [6.45, 7) is 0. The van der Waals surface area contributed by atoms with E-state index in [1.165, 1.54) is 0 Å². The van der Waals surface area contributed by atoms with Crippen molar-refractivity contribution in [1.82, 2.24) is 15.2 Å². The zero-order chi connectivity index (χ0) is 13.9. The largest absolute Gasteiger partial charge is 0.399 e. The van der Waals surface area contributed by atoms with E-state index in [0.29, 0.717) is 12.2 Å². The summed E-state index contributed by atoms with van der Waals surface area (Å²) < 4.78 is 0. The van der Waals surface area contributed by atoms with Crippen molar-refractivity contribution in [2.75, 3.05) is 11.5 Å². The van der Waals surface area contributed by atoms with Crippen LogP contribution in [0, 0.1) is 0 Å². The van der Waals surface area contributed by atoms with Crippen molar-refractivity contribution in [2.24, 2.45) is 0 Å². The molecule has 20 heavy (non-hydrogen) atoms. The molecule has 0 amide bonds. The smallest absolute Gasteiger partial charge is 0.181 e. The normalized spacial score (nSPS) is 10.6. The van der Waals surface area contributed by atoms with Crippen LogP contribution in [0.25, 0.3) is 11.4 Å². The summed E-state index contributed by atoms with van der Waals surface area (Å²) in [5.41, 5.74) is 14.9. The third-order valence-electron chi connectivity index (χ3n) is 3.05. The molecule has 0 aliphatic rings. The number of nitrogens with zero attached hydrogens (tertiary/aromatic N) is 2.